The van der Waals surface area contributed by atoms with Gasteiger partial charge in [-0.2, -0.15) is 0 Å². The van der Waals surface area contributed by atoms with Gasteiger partial charge in [0.1, 0.15) is 6.54 Å². The highest BCUT2D eigenvalue weighted by Gasteiger charge is 2.36. The van der Waals surface area contributed by atoms with E-state index >= 15 is 0 Å². The molecular weight excluding hydrogens is 316 g/mol. The van der Waals surface area contributed by atoms with Gasteiger partial charge in [0, 0.05) is 6.20 Å². The molecule has 0 aliphatic heterocycles. The van der Waals surface area contributed by atoms with Gasteiger partial charge in [0.15, 0.2) is 0 Å². The van der Waals surface area contributed by atoms with E-state index in [9.17, 15) is 9.90 Å². The number of aliphatic hydroxyl groups excluding tert-OH is 1. The normalized spacial score (nSPS) is 20.8. The van der Waals surface area contributed by atoms with Gasteiger partial charge in [0.05, 0.1) is 35.2 Å². The highest BCUT2D eigenvalue weighted by molar-refractivity contribution is 5.80. The zero-order valence-corrected chi connectivity index (χ0v) is 13.7. The molecule has 2 N–H and O–H groups in total. The van der Waals surface area contributed by atoms with Crippen molar-refractivity contribution in [3.05, 3.63) is 60.7 Å². The molecule has 0 spiro atoms. The zero-order chi connectivity index (χ0) is 17.2. The number of carbonyl (C=O) groups is 1. The average Bonchev–Trinajstić information content (AvgIpc) is 3.01. The van der Waals surface area contributed by atoms with E-state index in [1.54, 1.807) is 12.5 Å². The number of nitrogens with zero attached hydrogens (tertiary/aromatic N) is 3. The molecular formula is C19H20N4O2. The van der Waals surface area contributed by atoms with Crippen molar-refractivity contribution < 1.29 is 9.90 Å². The van der Waals surface area contributed by atoms with Crippen molar-refractivity contribution in [3.8, 4) is 0 Å². The van der Waals surface area contributed by atoms with Gasteiger partial charge >= 0.3 is 0 Å². The summed E-state index contributed by atoms with van der Waals surface area (Å²) in [7, 11) is 0. The Labute approximate surface area is 145 Å². The van der Waals surface area contributed by atoms with Crippen LogP contribution in [0, 0.1) is 5.92 Å². The molecule has 0 unspecified atom stereocenters. The Balaban J connectivity index is 1.50. The van der Waals surface area contributed by atoms with E-state index in [0.717, 1.165) is 16.7 Å². The Morgan fingerprint density at radius 2 is 2.00 bits per heavy atom. The van der Waals surface area contributed by atoms with Gasteiger partial charge in [-0.15, -0.1) is 0 Å². The number of hydrogen-bond donors (Lipinski definition) is 2. The van der Waals surface area contributed by atoms with Crippen LogP contribution in [-0.2, 0) is 11.3 Å². The van der Waals surface area contributed by atoms with Crippen LogP contribution in [0.25, 0.3) is 11.0 Å². The molecule has 0 radical (unpaired) electrons. The van der Waals surface area contributed by atoms with Crippen LogP contribution in [-0.4, -0.2) is 31.7 Å². The van der Waals surface area contributed by atoms with Gasteiger partial charge in [0.2, 0.25) is 5.91 Å². The quantitative estimate of drug-likeness (QED) is 0.747. The third kappa shape index (κ3) is 3.25. The first kappa shape index (κ1) is 15.8. The Hall–Kier alpha value is -2.73. The van der Waals surface area contributed by atoms with Crippen molar-refractivity contribution in [3.63, 3.8) is 0 Å². The number of carbonyl (C=O) groups excluding carboxylic acids is 1. The first-order valence-corrected chi connectivity index (χ1v) is 8.49. The molecule has 0 saturated heterocycles. The molecule has 1 aliphatic carbocycles. The van der Waals surface area contributed by atoms with Crippen LogP contribution in [0.4, 0.5) is 0 Å². The lowest BCUT2D eigenvalue weighted by molar-refractivity contribution is -0.123. The molecule has 0 bridgehead atoms. The van der Waals surface area contributed by atoms with E-state index in [1.165, 1.54) is 0 Å². The summed E-state index contributed by atoms with van der Waals surface area (Å²) in [4.78, 5) is 21.3. The van der Waals surface area contributed by atoms with Crippen LogP contribution in [0.5, 0.6) is 0 Å². The van der Waals surface area contributed by atoms with Crippen molar-refractivity contribution in [1.82, 2.24) is 19.9 Å². The van der Waals surface area contributed by atoms with Crippen molar-refractivity contribution in [1.29, 1.82) is 0 Å². The standard InChI is InChI=1S/C19H20N4O2/c24-14-9-13(10-14)19(16-6-3-4-8-20-16)22-18(25)11-23-12-21-15-5-1-2-7-17(15)23/h1-8,12-14,19,24H,9-11H2,(H,22,25)/t13?,14?,19-/m1/s1. The Kier molecular flexibility index (Phi) is 4.19. The Morgan fingerprint density at radius 3 is 2.76 bits per heavy atom. The largest absolute Gasteiger partial charge is 0.393 e. The fourth-order valence-corrected chi connectivity index (χ4v) is 3.41. The van der Waals surface area contributed by atoms with Gasteiger partial charge in [0.25, 0.3) is 0 Å². The number of pyridine rings is 1. The van der Waals surface area contributed by atoms with Crippen LogP contribution < -0.4 is 5.32 Å². The molecule has 3 aromatic rings. The molecule has 2 aromatic heterocycles. The third-order valence-corrected chi connectivity index (χ3v) is 4.79. The number of aliphatic hydroxyl groups is 1. The minimum Gasteiger partial charge on any atom is -0.393 e. The van der Waals surface area contributed by atoms with E-state index in [0.29, 0.717) is 12.8 Å². The molecule has 1 aliphatic rings. The molecule has 4 rings (SSSR count). The molecule has 128 valence electrons. The highest BCUT2D eigenvalue weighted by Crippen LogP contribution is 2.37. The molecule has 1 fully saturated rings. The summed E-state index contributed by atoms with van der Waals surface area (Å²) in [5.41, 5.74) is 2.65. The van der Waals surface area contributed by atoms with E-state index < -0.39 is 0 Å². The third-order valence-electron chi connectivity index (χ3n) is 4.79. The lowest BCUT2D eigenvalue weighted by Crippen LogP contribution is -2.42. The number of imidazole rings is 1. The molecule has 6 nitrogen and oxygen atoms in total. The first-order chi connectivity index (χ1) is 12.2. The van der Waals surface area contributed by atoms with E-state index in [1.807, 2.05) is 47.0 Å². The number of benzene rings is 1. The second kappa shape index (κ2) is 6.64. The van der Waals surface area contributed by atoms with E-state index in [-0.39, 0.29) is 30.5 Å². The van der Waals surface area contributed by atoms with Crippen LogP contribution in [0.2, 0.25) is 0 Å². The molecule has 1 saturated carbocycles. The first-order valence-electron chi connectivity index (χ1n) is 8.49. The summed E-state index contributed by atoms with van der Waals surface area (Å²) in [6.45, 7) is 0.207. The lowest BCUT2D eigenvalue weighted by Gasteiger charge is -2.37. The van der Waals surface area contributed by atoms with Crippen molar-refractivity contribution in [2.45, 2.75) is 31.5 Å². The zero-order valence-electron chi connectivity index (χ0n) is 13.7. The summed E-state index contributed by atoms with van der Waals surface area (Å²) < 4.78 is 1.84. The summed E-state index contributed by atoms with van der Waals surface area (Å²) >= 11 is 0. The summed E-state index contributed by atoms with van der Waals surface area (Å²) in [5.74, 6) is 0.133. The highest BCUT2D eigenvalue weighted by atomic mass is 16.3. The molecule has 1 amide bonds. The van der Waals surface area contributed by atoms with Gasteiger partial charge in [-0.25, -0.2) is 4.98 Å². The lowest BCUT2D eigenvalue weighted by atomic mass is 9.76. The second-order valence-electron chi connectivity index (χ2n) is 6.55. The van der Waals surface area contributed by atoms with E-state index in [4.69, 9.17) is 0 Å². The minimum atomic E-state index is -0.272. The summed E-state index contributed by atoms with van der Waals surface area (Å²) in [5, 5.41) is 12.7. The van der Waals surface area contributed by atoms with Gasteiger partial charge in [-0.1, -0.05) is 18.2 Å². The molecule has 6 heteroatoms. The molecule has 1 aromatic carbocycles. The van der Waals surface area contributed by atoms with Crippen molar-refractivity contribution >= 4 is 16.9 Å². The average molecular weight is 336 g/mol. The van der Waals surface area contributed by atoms with Crippen molar-refractivity contribution in [2.24, 2.45) is 5.92 Å². The maximum absolute atomic E-state index is 12.6. The number of hydrogen-bond acceptors (Lipinski definition) is 4. The SMILES string of the molecule is O=C(Cn1cnc2ccccc21)N[C@@H](c1ccccn1)C1CC(O)C1. The number of aromatic nitrogens is 3. The number of nitrogens with one attached hydrogen (secondary N) is 1. The minimum absolute atomic E-state index is 0.0832. The van der Waals surface area contributed by atoms with E-state index in [2.05, 4.69) is 15.3 Å². The topological polar surface area (TPSA) is 80.0 Å². The van der Waals surface area contributed by atoms with Gasteiger partial charge in [-0.05, 0) is 43.0 Å². The van der Waals surface area contributed by atoms with Crippen LogP contribution in [0.3, 0.4) is 0 Å². The fraction of sp³-hybridized carbons (Fsp3) is 0.316. The van der Waals surface area contributed by atoms with Gasteiger partial charge in [-0.3, -0.25) is 9.78 Å². The number of amides is 1. The maximum atomic E-state index is 12.6. The Bertz CT molecular complexity index is 871. The fourth-order valence-electron chi connectivity index (χ4n) is 3.41. The smallest absolute Gasteiger partial charge is 0.240 e. The van der Waals surface area contributed by atoms with Crippen LogP contribution in [0.15, 0.2) is 55.0 Å². The molecule has 25 heavy (non-hydrogen) atoms. The number of rotatable bonds is 5. The van der Waals surface area contributed by atoms with Crippen LogP contribution >= 0.6 is 0 Å². The predicted octanol–water partition coefficient (Wildman–Crippen LogP) is 2.06. The van der Waals surface area contributed by atoms with Crippen molar-refractivity contribution in [2.75, 3.05) is 0 Å². The Morgan fingerprint density at radius 1 is 1.20 bits per heavy atom. The molecule has 2 heterocycles. The van der Waals surface area contributed by atoms with Gasteiger partial charge < -0.3 is 15.0 Å². The predicted molar refractivity (Wildman–Crippen MR) is 93.6 cm³/mol. The molecule has 1 atom stereocenters. The second-order valence-corrected chi connectivity index (χ2v) is 6.55. The maximum Gasteiger partial charge on any atom is 0.240 e. The monoisotopic (exact) mass is 336 g/mol. The number of fused-ring (bicyclic) bond motifs is 1. The number of para-hydroxylation sites is 2. The summed E-state index contributed by atoms with van der Waals surface area (Å²) in [6, 6.07) is 13.3. The van der Waals surface area contributed by atoms with Crippen LogP contribution in [0.1, 0.15) is 24.6 Å². The summed E-state index contributed by atoms with van der Waals surface area (Å²) in [6.07, 6.45) is 4.52.